The molecule has 1 aliphatic carbocycles. The minimum atomic E-state index is -0.415. The summed E-state index contributed by atoms with van der Waals surface area (Å²) < 4.78 is 16.8. The van der Waals surface area contributed by atoms with Crippen molar-refractivity contribution >= 4 is 11.8 Å². The van der Waals surface area contributed by atoms with Crippen molar-refractivity contribution < 1.29 is 23.8 Å². The Morgan fingerprint density at radius 2 is 1.94 bits per heavy atom. The Balaban J connectivity index is 2.13. The highest BCUT2D eigenvalue weighted by Crippen LogP contribution is 2.53. The quantitative estimate of drug-likeness (QED) is 0.450. The maximum Gasteiger partial charge on any atom is 0.336 e. The lowest BCUT2D eigenvalue weighted by molar-refractivity contribution is -0.139. The summed E-state index contributed by atoms with van der Waals surface area (Å²) in [5.41, 5.74) is 3.68. The van der Waals surface area contributed by atoms with Gasteiger partial charge >= 0.3 is 5.97 Å². The number of Topliss-reactive ketones (excluding diaryl/α,β-unsaturated/α-hetero) is 1. The van der Waals surface area contributed by atoms with Crippen molar-refractivity contribution in [2.24, 2.45) is 5.41 Å². The number of allylic oxidation sites excluding steroid dienone is 3. The number of methoxy groups -OCH3 is 2. The van der Waals surface area contributed by atoms with E-state index in [4.69, 9.17) is 14.2 Å². The van der Waals surface area contributed by atoms with Crippen LogP contribution in [0.25, 0.3) is 0 Å². The SMILES string of the molecule is CCCCCOC(=O)C1=C(C)NC2=C([C@H]1c1ccc(OC)cc1OC)C(C)(C)CC(=O)C2. The fraction of sp³-hybridized carbons (Fsp3) is 0.538. The summed E-state index contributed by atoms with van der Waals surface area (Å²) in [7, 11) is 3.22. The number of dihydropyridines is 1. The molecular weight excluding hydrogens is 406 g/mol. The van der Waals surface area contributed by atoms with Gasteiger partial charge in [0.15, 0.2) is 0 Å². The van der Waals surface area contributed by atoms with E-state index in [0.717, 1.165) is 41.8 Å². The molecule has 1 aromatic carbocycles. The largest absolute Gasteiger partial charge is 0.497 e. The molecule has 1 atom stereocenters. The van der Waals surface area contributed by atoms with Gasteiger partial charge in [-0.2, -0.15) is 0 Å². The maximum atomic E-state index is 13.4. The molecule has 1 aliphatic heterocycles. The molecule has 3 rings (SSSR count). The number of ketones is 1. The van der Waals surface area contributed by atoms with Gasteiger partial charge in [-0.05, 0) is 30.4 Å². The van der Waals surface area contributed by atoms with Gasteiger partial charge in [0, 0.05) is 41.8 Å². The predicted molar refractivity (Wildman–Crippen MR) is 124 cm³/mol. The highest BCUT2D eigenvalue weighted by atomic mass is 16.5. The topological polar surface area (TPSA) is 73.9 Å². The number of benzene rings is 1. The van der Waals surface area contributed by atoms with Crippen LogP contribution in [0.5, 0.6) is 11.5 Å². The molecule has 32 heavy (non-hydrogen) atoms. The average Bonchev–Trinajstić information content (AvgIpc) is 2.74. The van der Waals surface area contributed by atoms with Crippen molar-refractivity contribution in [2.75, 3.05) is 20.8 Å². The van der Waals surface area contributed by atoms with E-state index in [1.807, 2.05) is 25.1 Å². The minimum Gasteiger partial charge on any atom is -0.497 e. The van der Waals surface area contributed by atoms with Crippen molar-refractivity contribution in [2.45, 2.75) is 65.7 Å². The number of carbonyl (C=O) groups is 2. The Bertz CT molecular complexity index is 957. The van der Waals surface area contributed by atoms with Gasteiger partial charge in [0.2, 0.25) is 0 Å². The van der Waals surface area contributed by atoms with Gasteiger partial charge in [-0.15, -0.1) is 0 Å². The van der Waals surface area contributed by atoms with Crippen LogP contribution in [0, 0.1) is 5.41 Å². The summed E-state index contributed by atoms with van der Waals surface area (Å²) in [5, 5.41) is 3.37. The third kappa shape index (κ3) is 4.69. The van der Waals surface area contributed by atoms with Crippen LogP contribution in [-0.2, 0) is 14.3 Å². The van der Waals surface area contributed by atoms with E-state index in [1.54, 1.807) is 14.2 Å². The zero-order valence-electron chi connectivity index (χ0n) is 20.1. The van der Waals surface area contributed by atoms with E-state index >= 15 is 0 Å². The molecule has 1 heterocycles. The lowest BCUT2D eigenvalue weighted by Crippen LogP contribution is -2.39. The molecule has 0 amide bonds. The van der Waals surface area contributed by atoms with E-state index < -0.39 is 5.41 Å². The van der Waals surface area contributed by atoms with Crippen LogP contribution < -0.4 is 14.8 Å². The first-order valence-electron chi connectivity index (χ1n) is 11.4. The second-order valence-corrected chi connectivity index (χ2v) is 9.22. The number of nitrogens with one attached hydrogen (secondary N) is 1. The average molecular weight is 442 g/mol. The number of rotatable bonds is 8. The highest BCUT2D eigenvalue weighted by molar-refractivity contribution is 5.94. The third-order valence-electron chi connectivity index (χ3n) is 6.34. The molecular formula is C26H35NO5. The number of hydrogen-bond donors (Lipinski definition) is 1. The Morgan fingerprint density at radius 1 is 1.19 bits per heavy atom. The Hall–Kier alpha value is -2.76. The van der Waals surface area contributed by atoms with Crippen molar-refractivity contribution in [3.8, 4) is 11.5 Å². The van der Waals surface area contributed by atoms with E-state index in [0.29, 0.717) is 36.5 Å². The molecule has 0 fully saturated rings. The number of esters is 1. The lowest BCUT2D eigenvalue weighted by atomic mass is 9.64. The maximum absolute atomic E-state index is 13.4. The molecule has 174 valence electrons. The molecule has 0 unspecified atom stereocenters. The van der Waals surface area contributed by atoms with E-state index in [-0.39, 0.29) is 17.7 Å². The van der Waals surface area contributed by atoms with Crippen molar-refractivity contribution in [1.82, 2.24) is 5.32 Å². The smallest absolute Gasteiger partial charge is 0.336 e. The molecule has 1 aromatic rings. The molecule has 0 radical (unpaired) electrons. The molecule has 6 nitrogen and oxygen atoms in total. The molecule has 1 N–H and O–H groups in total. The lowest BCUT2D eigenvalue weighted by Gasteiger charge is -2.43. The Kier molecular flexibility index (Phi) is 7.32. The van der Waals surface area contributed by atoms with Gasteiger partial charge < -0.3 is 19.5 Å². The first-order valence-corrected chi connectivity index (χ1v) is 11.4. The van der Waals surface area contributed by atoms with Gasteiger partial charge in [0.05, 0.1) is 26.4 Å². The molecule has 2 aliphatic rings. The van der Waals surface area contributed by atoms with Crippen LogP contribution in [0.3, 0.4) is 0 Å². The van der Waals surface area contributed by atoms with Crippen molar-refractivity contribution in [3.05, 3.63) is 46.3 Å². The van der Waals surface area contributed by atoms with Gasteiger partial charge in [0.25, 0.3) is 0 Å². The first kappa shape index (κ1) is 23.9. The van der Waals surface area contributed by atoms with Crippen LogP contribution >= 0.6 is 0 Å². The number of unbranched alkanes of at least 4 members (excludes halogenated alkanes) is 2. The molecule has 0 bridgehead atoms. The van der Waals surface area contributed by atoms with Gasteiger partial charge in [0.1, 0.15) is 17.3 Å². The predicted octanol–water partition coefficient (Wildman–Crippen LogP) is 5.04. The molecule has 6 heteroatoms. The highest BCUT2D eigenvalue weighted by Gasteiger charge is 2.45. The standard InChI is InChI=1S/C26H35NO5/c1-7-8-9-12-32-25(29)22-16(2)27-20-13-17(28)15-26(3,4)24(20)23(22)19-11-10-18(30-5)14-21(19)31-6/h10-11,14,23,27H,7-9,12-13,15H2,1-6H3/t23-/m0/s1. The Morgan fingerprint density at radius 3 is 2.59 bits per heavy atom. The van der Waals surface area contributed by atoms with Crippen LogP contribution in [0.2, 0.25) is 0 Å². The molecule has 0 spiro atoms. The van der Waals surface area contributed by atoms with Crippen LogP contribution in [0.1, 0.15) is 71.3 Å². The summed E-state index contributed by atoms with van der Waals surface area (Å²) in [6.07, 6.45) is 3.69. The summed E-state index contributed by atoms with van der Waals surface area (Å²) >= 11 is 0. The van der Waals surface area contributed by atoms with Crippen LogP contribution in [-0.4, -0.2) is 32.6 Å². The van der Waals surface area contributed by atoms with Crippen molar-refractivity contribution in [1.29, 1.82) is 0 Å². The Labute approximate surface area is 191 Å². The summed E-state index contributed by atoms with van der Waals surface area (Å²) in [6, 6.07) is 5.65. The monoisotopic (exact) mass is 441 g/mol. The van der Waals surface area contributed by atoms with E-state index in [2.05, 4.69) is 26.1 Å². The van der Waals surface area contributed by atoms with E-state index in [9.17, 15) is 9.59 Å². The zero-order chi connectivity index (χ0) is 23.5. The fourth-order valence-electron chi connectivity index (χ4n) is 4.92. The third-order valence-corrected chi connectivity index (χ3v) is 6.34. The summed E-state index contributed by atoms with van der Waals surface area (Å²) in [5.74, 6) is 0.818. The van der Waals surface area contributed by atoms with Gasteiger partial charge in [-0.25, -0.2) is 4.79 Å². The summed E-state index contributed by atoms with van der Waals surface area (Å²) in [6.45, 7) is 8.51. The van der Waals surface area contributed by atoms with Gasteiger partial charge in [-0.3, -0.25) is 4.79 Å². The van der Waals surface area contributed by atoms with E-state index in [1.165, 1.54) is 0 Å². The van der Waals surface area contributed by atoms with Gasteiger partial charge in [-0.1, -0.05) is 39.7 Å². The first-order chi connectivity index (χ1) is 15.2. The normalized spacial score (nSPS) is 19.9. The van der Waals surface area contributed by atoms with Crippen LogP contribution in [0.4, 0.5) is 0 Å². The number of ether oxygens (including phenoxy) is 3. The fourth-order valence-corrected chi connectivity index (χ4v) is 4.92. The molecule has 0 aromatic heterocycles. The van der Waals surface area contributed by atoms with Crippen LogP contribution in [0.15, 0.2) is 40.7 Å². The number of carbonyl (C=O) groups excluding carboxylic acids is 2. The second kappa shape index (κ2) is 9.80. The molecule has 0 saturated carbocycles. The second-order valence-electron chi connectivity index (χ2n) is 9.22. The number of hydrogen-bond acceptors (Lipinski definition) is 6. The van der Waals surface area contributed by atoms with Crippen molar-refractivity contribution in [3.63, 3.8) is 0 Å². The summed E-state index contributed by atoms with van der Waals surface area (Å²) in [4.78, 5) is 25.8. The minimum absolute atomic E-state index is 0.195. The molecule has 0 saturated heterocycles. The zero-order valence-corrected chi connectivity index (χ0v) is 20.1.